The highest BCUT2D eigenvalue weighted by atomic mass is 79.9. The molecule has 0 saturated carbocycles. The molecule has 2 aliphatic heterocycles. The van der Waals surface area contributed by atoms with E-state index in [1.807, 2.05) is 4.90 Å². The van der Waals surface area contributed by atoms with Gasteiger partial charge >= 0.3 is 0 Å². The largest absolute Gasteiger partial charge is 0.332 e. The number of hydrogen-bond acceptors (Lipinski definition) is 0. The van der Waals surface area contributed by atoms with Crippen molar-refractivity contribution in [2.45, 2.75) is 51.1 Å². The number of halogens is 1. The minimum Gasteiger partial charge on any atom is -0.332 e. The van der Waals surface area contributed by atoms with Crippen molar-refractivity contribution in [3.05, 3.63) is 34.3 Å². The molecule has 0 atom stereocenters. The molecule has 21 heavy (non-hydrogen) atoms. The van der Waals surface area contributed by atoms with Crippen molar-refractivity contribution < 1.29 is 9.80 Å². The highest BCUT2D eigenvalue weighted by Gasteiger charge is 2.30. The molecule has 2 saturated heterocycles. The normalized spacial score (nSPS) is 28.2. The molecule has 116 valence electrons. The Balaban J connectivity index is 1.47. The van der Waals surface area contributed by atoms with E-state index in [2.05, 4.69) is 40.2 Å². The molecule has 0 radical (unpaired) electrons. The van der Waals surface area contributed by atoms with Gasteiger partial charge in [0.05, 0.1) is 32.2 Å². The average molecular weight is 353 g/mol. The van der Waals surface area contributed by atoms with Crippen LogP contribution in [0.4, 0.5) is 0 Å². The first-order valence-electron chi connectivity index (χ1n) is 8.74. The zero-order valence-corrected chi connectivity index (χ0v) is 14.6. The van der Waals surface area contributed by atoms with E-state index in [9.17, 15) is 0 Å². The Morgan fingerprint density at radius 1 is 0.857 bits per heavy atom. The molecule has 0 bridgehead atoms. The Morgan fingerprint density at radius 3 is 2.10 bits per heavy atom. The number of hydrogen-bond donors (Lipinski definition) is 2. The van der Waals surface area contributed by atoms with Crippen LogP contribution in [0.2, 0.25) is 0 Å². The number of quaternary nitrogens is 2. The summed E-state index contributed by atoms with van der Waals surface area (Å²) in [6, 6.07) is 9.83. The molecule has 2 heterocycles. The minimum atomic E-state index is 0.955. The minimum absolute atomic E-state index is 0.955. The van der Waals surface area contributed by atoms with Gasteiger partial charge < -0.3 is 9.80 Å². The van der Waals surface area contributed by atoms with Crippen LogP contribution in [0.3, 0.4) is 0 Å². The van der Waals surface area contributed by atoms with Gasteiger partial charge in [-0.2, -0.15) is 0 Å². The smallest absolute Gasteiger partial charge is 0.103 e. The number of likely N-dealkylation sites (tertiary alicyclic amines) is 2. The number of nitrogens with one attached hydrogen (secondary N) is 2. The Labute approximate surface area is 137 Å². The second-order valence-electron chi connectivity index (χ2n) is 6.90. The van der Waals surface area contributed by atoms with Crippen LogP contribution < -0.4 is 9.80 Å². The quantitative estimate of drug-likeness (QED) is 0.814. The monoisotopic (exact) mass is 352 g/mol. The summed E-state index contributed by atoms with van der Waals surface area (Å²) < 4.78 is 1.18. The van der Waals surface area contributed by atoms with E-state index in [-0.39, 0.29) is 0 Å². The average Bonchev–Trinajstić information content (AvgIpc) is 2.80. The highest BCUT2D eigenvalue weighted by Crippen LogP contribution is 2.10. The first-order valence-corrected chi connectivity index (χ1v) is 9.53. The molecule has 3 rings (SSSR count). The predicted molar refractivity (Wildman–Crippen MR) is 90.7 cm³/mol. The lowest BCUT2D eigenvalue weighted by Gasteiger charge is -2.34. The van der Waals surface area contributed by atoms with Crippen LogP contribution in [0, 0.1) is 0 Å². The maximum atomic E-state index is 3.52. The summed E-state index contributed by atoms with van der Waals surface area (Å²) in [5, 5.41) is 0. The molecule has 2 aliphatic rings. The summed E-state index contributed by atoms with van der Waals surface area (Å²) in [7, 11) is 0. The van der Waals surface area contributed by atoms with Crippen molar-refractivity contribution in [3.63, 3.8) is 0 Å². The van der Waals surface area contributed by atoms with Crippen LogP contribution in [0.5, 0.6) is 0 Å². The molecule has 2 nitrogen and oxygen atoms in total. The molecule has 1 aromatic carbocycles. The van der Waals surface area contributed by atoms with Gasteiger partial charge in [0.2, 0.25) is 0 Å². The zero-order valence-electron chi connectivity index (χ0n) is 13.0. The van der Waals surface area contributed by atoms with E-state index in [4.69, 9.17) is 0 Å². The summed E-state index contributed by atoms with van der Waals surface area (Å²) in [5.41, 5.74) is 1.48. The van der Waals surface area contributed by atoms with Crippen molar-refractivity contribution in [1.29, 1.82) is 0 Å². The van der Waals surface area contributed by atoms with Gasteiger partial charge in [-0.15, -0.1) is 0 Å². The summed E-state index contributed by atoms with van der Waals surface area (Å²) >= 11 is 3.52. The van der Waals surface area contributed by atoms with Gasteiger partial charge in [-0.1, -0.05) is 28.1 Å². The van der Waals surface area contributed by atoms with Crippen LogP contribution in [-0.2, 0) is 6.54 Å². The molecule has 0 unspecified atom stereocenters. The van der Waals surface area contributed by atoms with E-state index < -0.39 is 0 Å². The van der Waals surface area contributed by atoms with Gasteiger partial charge in [0.15, 0.2) is 0 Å². The fraction of sp³-hybridized carbons (Fsp3) is 0.667. The van der Waals surface area contributed by atoms with Crippen molar-refractivity contribution in [2.24, 2.45) is 0 Å². The Morgan fingerprint density at radius 2 is 1.48 bits per heavy atom. The SMILES string of the molecule is Brc1ccc(C[NH+]2CCC([NH+]3CCCCCC3)CC2)cc1. The molecule has 1 aromatic rings. The van der Waals surface area contributed by atoms with Gasteiger partial charge in [-0.05, 0) is 37.8 Å². The second kappa shape index (κ2) is 7.75. The molecule has 0 spiro atoms. The predicted octanol–water partition coefficient (Wildman–Crippen LogP) is 1.46. The lowest BCUT2D eigenvalue weighted by atomic mass is 10.0. The van der Waals surface area contributed by atoms with Crippen molar-refractivity contribution in [3.8, 4) is 0 Å². The van der Waals surface area contributed by atoms with Crippen molar-refractivity contribution >= 4 is 15.9 Å². The first-order chi connectivity index (χ1) is 10.3. The van der Waals surface area contributed by atoms with Crippen molar-refractivity contribution in [1.82, 2.24) is 0 Å². The van der Waals surface area contributed by atoms with E-state index in [1.54, 1.807) is 4.90 Å². The molecule has 2 N–H and O–H groups in total. The molecule has 0 aromatic heterocycles. The maximum Gasteiger partial charge on any atom is 0.103 e. The molecular weight excluding hydrogens is 324 g/mol. The van der Waals surface area contributed by atoms with E-state index in [1.165, 1.54) is 81.3 Å². The fourth-order valence-electron chi connectivity index (χ4n) is 4.09. The van der Waals surface area contributed by atoms with E-state index in [0.29, 0.717) is 0 Å². The van der Waals surface area contributed by atoms with Crippen LogP contribution >= 0.6 is 15.9 Å². The van der Waals surface area contributed by atoms with Gasteiger partial charge in [0.1, 0.15) is 6.54 Å². The fourth-order valence-corrected chi connectivity index (χ4v) is 4.36. The standard InChI is InChI=1S/C18H27BrN2/c19-17-7-5-16(6-8-17)15-20-13-9-18(10-14-20)21-11-3-1-2-4-12-21/h5-8,18H,1-4,9-15H2/p+2. The molecule has 0 aliphatic carbocycles. The molecule has 2 fully saturated rings. The summed E-state index contributed by atoms with van der Waals surface area (Å²) in [5.74, 6) is 0. The van der Waals surface area contributed by atoms with Crippen LogP contribution in [-0.4, -0.2) is 32.2 Å². The third-order valence-electron chi connectivity index (χ3n) is 5.38. The molecular formula is C18H29BrN2+2. The first kappa shape index (κ1) is 15.5. The third kappa shape index (κ3) is 4.54. The van der Waals surface area contributed by atoms with E-state index >= 15 is 0 Å². The summed E-state index contributed by atoms with van der Waals surface area (Å²) in [6.45, 7) is 6.81. The summed E-state index contributed by atoms with van der Waals surface area (Å²) in [4.78, 5) is 3.71. The van der Waals surface area contributed by atoms with E-state index in [0.717, 1.165) is 6.04 Å². The van der Waals surface area contributed by atoms with Crippen molar-refractivity contribution in [2.75, 3.05) is 26.2 Å². The lowest BCUT2D eigenvalue weighted by molar-refractivity contribution is -0.963. The summed E-state index contributed by atoms with van der Waals surface area (Å²) in [6.07, 6.45) is 8.72. The Kier molecular flexibility index (Phi) is 5.73. The zero-order chi connectivity index (χ0) is 14.5. The van der Waals surface area contributed by atoms with Crippen LogP contribution in [0.1, 0.15) is 44.1 Å². The van der Waals surface area contributed by atoms with Crippen LogP contribution in [0.15, 0.2) is 28.7 Å². The highest BCUT2D eigenvalue weighted by molar-refractivity contribution is 9.10. The Hall–Kier alpha value is -0.380. The number of rotatable bonds is 3. The topological polar surface area (TPSA) is 8.88 Å². The second-order valence-corrected chi connectivity index (χ2v) is 7.82. The molecule has 0 amide bonds. The lowest BCUT2D eigenvalue weighted by Crippen LogP contribution is -3.20. The van der Waals surface area contributed by atoms with Gasteiger partial charge in [0, 0.05) is 22.9 Å². The Bertz CT molecular complexity index is 415. The maximum absolute atomic E-state index is 3.52. The number of piperidine rings is 1. The van der Waals surface area contributed by atoms with Gasteiger partial charge in [-0.3, -0.25) is 0 Å². The molecule has 3 heteroatoms. The number of benzene rings is 1. The van der Waals surface area contributed by atoms with Gasteiger partial charge in [-0.25, -0.2) is 0 Å². The third-order valence-corrected chi connectivity index (χ3v) is 5.91. The van der Waals surface area contributed by atoms with Gasteiger partial charge in [0.25, 0.3) is 0 Å². The van der Waals surface area contributed by atoms with Crippen LogP contribution in [0.25, 0.3) is 0 Å².